The summed E-state index contributed by atoms with van der Waals surface area (Å²) in [4.78, 5) is 38.0. The summed E-state index contributed by atoms with van der Waals surface area (Å²) >= 11 is 0. The number of hydrogen-bond acceptors (Lipinski definition) is 3. The van der Waals surface area contributed by atoms with Crippen molar-refractivity contribution in [1.29, 1.82) is 0 Å². The van der Waals surface area contributed by atoms with Crippen LogP contribution in [-0.2, 0) is 9.59 Å². The summed E-state index contributed by atoms with van der Waals surface area (Å²) < 4.78 is 0. The molecule has 1 aliphatic heterocycles. The Bertz CT molecular complexity index is 1110. The highest BCUT2D eigenvalue weighted by molar-refractivity contribution is 6.31. The van der Waals surface area contributed by atoms with E-state index < -0.39 is 17.8 Å². The van der Waals surface area contributed by atoms with E-state index >= 15 is 0 Å². The van der Waals surface area contributed by atoms with Crippen LogP contribution < -0.4 is 5.32 Å². The lowest BCUT2D eigenvalue weighted by Crippen LogP contribution is -2.54. The molecule has 0 aromatic heterocycles. The number of carbonyl (C=O) groups is 3. The molecule has 0 radical (unpaired) electrons. The molecule has 27 heavy (non-hydrogen) atoms. The summed E-state index contributed by atoms with van der Waals surface area (Å²) in [5.41, 5.74) is 0.702. The fraction of sp³-hybridized carbons (Fsp3) is 0.0455. The van der Waals surface area contributed by atoms with Crippen molar-refractivity contribution in [2.24, 2.45) is 0 Å². The van der Waals surface area contributed by atoms with E-state index in [2.05, 4.69) is 18.0 Å². The van der Waals surface area contributed by atoms with Gasteiger partial charge in [-0.2, -0.15) is 0 Å². The molecule has 3 aromatic carbocycles. The van der Waals surface area contributed by atoms with Crippen LogP contribution in [0, 0.1) is 0 Å². The van der Waals surface area contributed by atoms with E-state index in [-0.39, 0.29) is 12.1 Å². The number of carbonyl (C=O) groups excluding carboxylic acids is 3. The number of amides is 4. The van der Waals surface area contributed by atoms with Crippen molar-refractivity contribution >= 4 is 45.5 Å². The Morgan fingerprint density at radius 3 is 2.11 bits per heavy atom. The molecule has 1 aliphatic rings. The van der Waals surface area contributed by atoms with Gasteiger partial charge in [0.1, 0.15) is 5.57 Å². The zero-order chi connectivity index (χ0) is 19.0. The maximum atomic E-state index is 12.7. The molecule has 1 N–H and O–H groups in total. The number of nitrogens with zero attached hydrogens (tertiary/aromatic N) is 1. The highest BCUT2D eigenvalue weighted by Crippen LogP contribution is 2.30. The molecule has 5 nitrogen and oxygen atoms in total. The van der Waals surface area contributed by atoms with Crippen molar-refractivity contribution in [2.45, 2.75) is 0 Å². The third-order valence-corrected chi connectivity index (χ3v) is 4.60. The third-order valence-electron chi connectivity index (χ3n) is 4.60. The van der Waals surface area contributed by atoms with Crippen molar-refractivity contribution in [3.05, 3.63) is 78.4 Å². The number of imide groups is 2. The van der Waals surface area contributed by atoms with Crippen molar-refractivity contribution in [2.75, 3.05) is 6.54 Å². The van der Waals surface area contributed by atoms with Crippen LogP contribution in [0.3, 0.4) is 0 Å². The van der Waals surface area contributed by atoms with Crippen LogP contribution in [0.1, 0.15) is 5.56 Å². The van der Waals surface area contributed by atoms with Gasteiger partial charge >= 0.3 is 6.03 Å². The Hall–Kier alpha value is -3.73. The predicted octanol–water partition coefficient (Wildman–Crippen LogP) is 3.64. The first-order valence-corrected chi connectivity index (χ1v) is 8.50. The summed E-state index contributed by atoms with van der Waals surface area (Å²) in [6.45, 7) is 3.59. The average molecular weight is 356 g/mol. The van der Waals surface area contributed by atoms with Gasteiger partial charge in [0, 0.05) is 6.54 Å². The van der Waals surface area contributed by atoms with Gasteiger partial charge in [-0.15, -0.1) is 6.58 Å². The van der Waals surface area contributed by atoms with Gasteiger partial charge in [0.15, 0.2) is 0 Å². The second-order valence-electron chi connectivity index (χ2n) is 6.25. The van der Waals surface area contributed by atoms with E-state index in [1.807, 2.05) is 48.5 Å². The minimum atomic E-state index is -0.732. The van der Waals surface area contributed by atoms with Gasteiger partial charge in [0.05, 0.1) is 0 Å². The molecule has 0 aliphatic carbocycles. The largest absolute Gasteiger partial charge is 0.331 e. The number of nitrogens with one attached hydrogen (secondary N) is 1. The number of rotatable bonds is 3. The standard InChI is InChI=1S/C22H16N2O3/c1-2-11-24-21(26)19(20(25)23-22(24)27)13-18-16-9-5-3-7-14(16)12-15-8-4-6-10-17(15)18/h2-10,12-13H,1,11H2,(H,23,25,27)/b19-13+. The Balaban J connectivity index is 1.98. The summed E-state index contributed by atoms with van der Waals surface area (Å²) in [5.74, 6) is -1.32. The first-order valence-electron chi connectivity index (χ1n) is 8.50. The molecule has 0 unspecified atom stereocenters. The fourth-order valence-corrected chi connectivity index (χ4v) is 3.34. The molecule has 1 fully saturated rings. The van der Waals surface area contributed by atoms with Crippen LogP contribution in [0.2, 0.25) is 0 Å². The second kappa shape index (κ2) is 6.53. The van der Waals surface area contributed by atoms with E-state index in [1.54, 1.807) is 6.08 Å². The zero-order valence-corrected chi connectivity index (χ0v) is 14.4. The normalized spacial score (nSPS) is 16.2. The topological polar surface area (TPSA) is 66.5 Å². The molecule has 4 amide bonds. The lowest BCUT2D eigenvalue weighted by atomic mass is 9.94. The number of hydrogen-bond donors (Lipinski definition) is 1. The van der Waals surface area contributed by atoms with Crippen molar-refractivity contribution < 1.29 is 14.4 Å². The van der Waals surface area contributed by atoms with E-state index in [4.69, 9.17) is 0 Å². The molecule has 1 heterocycles. The first kappa shape index (κ1) is 16.7. The Labute approximate surface area is 155 Å². The second-order valence-corrected chi connectivity index (χ2v) is 6.25. The van der Waals surface area contributed by atoms with Crippen molar-refractivity contribution in [3.63, 3.8) is 0 Å². The molecule has 0 atom stereocenters. The summed E-state index contributed by atoms with van der Waals surface area (Å²) in [7, 11) is 0. The van der Waals surface area contributed by atoms with Crippen LogP contribution in [0.5, 0.6) is 0 Å². The Kier molecular flexibility index (Phi) is 4.05. The molecular formula is C22H16N2O3. The maximum Gasteiger partial charge on any atom is 0.331 e. The first-order chi connectivity index (χ1) is 13.1. The molecule has 4 rings (SSSR count). The quantitative estimate of drug-likeness (QED) is 0.337. The number of benzene rings is 3. The molecule has 0 bridgehead atoms. The van der Waals surface area contributed by atoms with E-state index in [1.165, 1.54) is 6.08 Å². The van der Waals surface area contributed by atoms with Crippen LogP contribution in [0.4, 0.5) is 4.79 Å². The predicted molar refractivity (Wildman–Crippen MR) is 105 cm³/mol. The van der Waals surface area contributed by atoms with Crippen LogP contribution in [-0.4, -0.2) is 29.3 Å². The molecule has 132 valence electrons. The van der Waals surface area contributed by atoms with Crippen LogP contribution in [0.15, 0.2) is 72.8 Å². The highest BCUT2D eigenvalue weighted by Gasteiger charge is 2.35. The maximum absolute atomic E-state index is 12.7. The molecular weight excluding hydrogens is 340 g/mol. The van der Waals surface area contributed by atoms with Crippen LogP contribution in [0.25, 0.3) is 27.6 Å². The van der Waals surface area contributed by atoms with Crippen molar-refractivity contribution in [3.8, 4) is 0 Å². The fourth-order valence-electron chi connectivity index (χ4n) is 3.34. The molecule has 1 saturated heterocycles. The van der Waals surface area contributed by atoms with Gasteiger partial charge in [-0.1, -0.05) is 54.6 Å². The average Bonchev–Trinajstić information content (AvgIpc) is 2.67. The van der Waals surface area contributed by atoms with Gasteiger partial charge in [-0.25, -0.2) is 4.79 Å². The molecule has 0 spiro atoms. The Morgan fingerprint density at radius 2 is 1.52 bits per heavy atom. The van der Waals surface area contributed by atoms with E-state index in [9.17, 15) is 14.4 Å². The lowest BCUT2D eigenvalue weighted by Gasteiger charge is -2.25. The highest BCUT2D eigenvalue weighted by atomic mass is 16.2. The number of fused-ring (bicyclic) bond motifs is 2. The third kappa shape index (κ3) is 2.79. The minimum absolute atomic E-state index is 0.0333. The van der Waals surface area contributed by atoms with Gasteiger partial charge < -0.3 is 0 Å². The van der Waals surface area contributed by atoms with E-state index in [0.29, 0.717) is 0 Å². The molecule has 3 aromatic rings. The van der Waals surface area contributed by atoms with Crippen molar-refractivity contribution in [1.82, 2.24) is 10.2 Å². The Morgan fingerprint density at radius 1 is 0.926 bits per heavy atom. The summed E-state index contributed by atoms with van der Waals surface area (Å²) in [5, 5.41) is 6.09. The monoisotopic (exact) mass is 356 g/mol. The summed E-state index contributed by atoms with van der Waals surface area (Å²) in [6.07, 6.45) is 3.02. The lowest BCUT2D eigenvalue weighted by molar-refractivity contribution is -0.129. The SMILES string of the molecule is C=CCN1C(=O)NC(=O)/C(=C\c2c3ccccc3cc3ccccc23)C1=O. The van der Waals surface area contributed by atoms with Gasteiger partial charge in [-0.05, 0) is 39.3 Å². The van der Waals surface area contributed by atoms with Gasteiger partial charge in [0.2, 0.25) is 0 Å². The minimum Gasteiger partial charge on any atom is -0.273 e. The van der Waals surface area contributed by atoms with Gasteiger partial charge in [0.25, 0.3) is 11.8 Å². The molecule has 0 saturated carbocycles. The zero-order valence-electron chi connectivity index (χ0n) is 14.4. The number of barbiturate groups is 1. The summed E-state index contributed by atoms with van der Waals surface area (Å²) in [6, 6.07) is 16.9. The molecule has 5 heteroatoms. The number of urea groups is 1. The van der Waals surface area contributed by atoms with Crippen LogP contribution >= 0.6 is 0 Å². The van der Waals surface area contributed by atoms with Gasteiger partial charge in [-0.3, -0.25) is 19.8 Å². The smallest absolute Gasteiger partial charge is 0.273 e. The van der Waals surface area contributed by atoms with E-state index in [0.717, 1.165) is 32.0 Å².